The van der Waals surface area contributed by atoms with E-state index in [0.29, 0.717) is 16.5 Å². The highest BCUT2D eigenvalue weighted by Gasteiger charge is 2.34. The van der Waals surface area contributed by atoms with E-state index in [9.17, 15) is 23.9 Å². The van der Waals surface area contributed by atoms with Crippen LogP contribution in [0.2, 0.25) is 0 Å². The highest BCUT2D eigenvalue weighted by atomic mass is 19.1. The first kappa shape index (κ1) is 22.2. The molecule has 1 aromatic heterocycles. The van der Waals surface area contributed by atoms with Crippen LogP contribution < -0.4 is 10.6 Å². The topological polar surface area (TPSA) is 121 Å². The first-order valence-electron chi connectivity index (χ1n) is 9.09. The van der Waals surface area contributed by atoms with Crippen LogP contribution in [-0.2, 0) is 20.7 Å². The van der Waals surface area contributed by atoms with Gasteiger partial charge in [-0.15, -0.1) is 0 Å². The first-order chi connectivity index (χ1) is 13.3. The van der Waals surface area contributed by atoms with Gasteiger partial charge in [-0.05, 0) is 58.4 Å². The summed E-state index contributed by atoms with van der Waals surface area (Å²) >= 11 is 0. The van der Waals surface area contributed by atoms with E-state index >= 15 is 0 Å². The van der Waals surface area contributed by atoms with Gasteiger partial charge in [0.15, 0.2) is 0 Å². The van der Waals surface area contributed by atoms with Crippen molar-refractivity contribution >= 4 is 28.9 Å². The van der Waals surface area contributed by atoms with Crippen LogP contribution in [0, 0.1) is 5.82 Å². The Morgan fingerprint density at radius 3 is 2.45 bits per heavy atom. The number of H-pyrrole nitrogens is 1. The second-order valence-electron chi connectivity index (χ2n) is 8.32. The van der Waals surface area contributed by atoms with Crippen molar-refractivity contribution in [3.05, 3.63) is 35.8 Å². The van der Waals surface area contributed by atoms with Gasteiger partial charge in [0.2, 0.25) is 5.91 Å². The number of aliphatic carboxylic acids is 1. The average Bonchev–Trinajstić information content (AvgIpc) is 2.93. The fourth-order valence-electron chi connectivity index (χ4n) is 2.70. The number of carboxylic acids is 1. The molecule has 2 amide bonds. The number of hydrogen-bond donors (Lipinski definition) is 4. The molecule has 0 saturated carbocycles. The summed E-state index contributed by atoms with van der Waals surface area (Å²) < 4.78 is 18.5. The van der Waals surface area contributed by atoms with Gasteiger partial charge in [0.05, 0.1) is 0 Å². The third kappa shape index (κ3) is 5.94. The molecule has 0 bridgehead atoms. The smallest absolute Gasteiger partial charge is 0.408 e. The number of ether oxygens (including phenoxy) is 1. The van der Waals surface area contributed by atoms with Gasteiger partial charge in [-0.25, -0.2) is 14.0 Å². The third-order valence-electron chi connectivity index (χ3n) is 4.14. The van der Waals surface area contributed by atoms with Crippen molar-refractivity contribution < 1.29 is 28.6 Å². The number of halogens is 1. The summed E-state index contributed by atoms with van der Waals surface area (Å²) in [7, 11) is 0. The van der Waals surface area contributed by atoms with Gasteiger partial charge in [0, 0.05) is 23.5 Å². The number of aromatic nitrogens is 1. The fourth-order valence-corrected chi connectivity index (χ4v) is 2.70. The van der Waals surface area contributed by atoms with Crippen LogP contribution in [0.5, 0.6) is 0 Å². The molecule has 158 valence electrons. The SMILES string of the molecule is CC(C)(C)OC(=O)NC(C)(C)C(=O)NC(Cc1c[nH]c2cc(F)ccc12)C(=O)O. The zero-order valence-electron chi connectivity index (χ0n) is 17.1. The molecule has 29 heavy (non-hydrogen) atoms. The zero-order valence-corrected chi connectivity index (χ0v) is 17.1. The molecule has 0 spiro atoms. The lowest BCUT2D eigenvalue weighted by molar-refractivity contribution is -0.142. The number of aromatic amines is 1. The van der Waals surface area contributed by atoms with Crippen LogP contribution in [0.4, 0.5) is 9.18 Å². The van der Waals surface area contributed by atoms with Gasteiger partial charge >= 0.3 is 12.1 Å². The molecule has 1 atom stereocenters. The maximum Gasteiger partial charge on any atom is 0.408 e. The molecule has 1 aromatic carbocycles. The number of nitrogens with one attached hydrogen (secondary N) is 3. The molecular weight excluding hydrogens is 381 g/mol. The van der Waals surface area contributed by atoms with Crippen LogP contribution in [0.3, 0.4) is 0 Å². The van der Waals surface area contributed by atoms with Crippen molar-refractivity contribution in [1.29, 1.82) is 0 Å². The first-order valence-corrected chi connectivity index (χ1v) is 9.09. The molecule has 2 aromatic rings. The predicted molar refractivity (Wildman–Crippen MR) is 105 cm³/mol. The minimum absolute atomic E-state index is 0.0186. The summed E-state index contributed by atoms with van der Waals surface area (Å²) in [6.45, 7) is 7.95. The van der Waals surface area contributed by atoms with Crippen molar-refractivity contribution in [2.24, 2.45) is 0 Å². The molecule has 2 rings (SSSR count). The maximum absolute atomic E-state index is 13.3. The Hall–Kier alpha value is -3.10. The predicted octanol–water partition coefficient (Wildman–Crippen LogP) is 2.72. The zero-order chi connectivity index (χ0) is 22.0. The largest absolute Gasteiger partial charge is 0.480 e. The van der Waals surface area contributed by atoms with Crippen LogP contribution in [0.1, 0.15) is 40.2 Å². The van der Waals surface area contributed by atoms with Crippen LogP contribution in [0.25, 0.3) is 10.9 Å². The molecule has 8 nitrogen and oxygen atoms in total. The van der Waals surface area contributed by atoms with Crippen molar-refractivity contribution in [1.82, 2.24) is 15.6 Å². The Morgan fingerprint density at radius 1 is 1.21 bits per heavy atom. The number of carbonyl (C=O) groups excluding carboxylic acids is 2. The van der Waals surface area contributed by atoms with E-state index in [-0.39, 0.29) is 6.42 Å². The standard InChI is InChI=1S/C20H26FN3O5/c1-19(2,3)29-18(28)24-20(4,5)17(27)23-15(16(25)26)8-11-10-22-14-9-12(21)6-7-13(11)14/h6-7,9-10,15,22H,8H2,1-5H3,(H,23,27)(H,24,28)(H,25,26). The Bertz CT molecular complexity index is 930. The summed E-state index contributed by atoms with van der Waals surface area (Å²) in [5.41, 5.74) is -0.998. The van der Waals surface area contributed by atoms with E-state index < -0.39 is 41.0 Å². The van der Waals surface area contributed by atoms with Crippen molar-refractivity contribution in [3.63, 3.8) is 0 Å². The fraction of sp³-hybridized carbons (Fsp3) is 0.450. The van der Waals surface area contributed by atoms with Gasteiger partial charge in [0.1, 0.15) is 23.0 Å². The third-order valence-corrected chi connectivity index (χ3v) is 4.14. The minimum atomic E-state index is -1.40. The Labute approximate surface area is 167 Å². The summed E-state index contributed by atoms with van der Waals surface area (Å²) in [6.07, 6.45) is 0.772. The average molecular weight is 407 g/mol. The van der Waals surface area contributed by atoms with Gasteiger partial charge in [-0.1, -0.05) is 0 Å². The van der Waals surface area contributed by atoms with E-state index in [2.05, 4.69) is 15.6 Å². The number of hydrogen-bond acceptors (Lipinski definition) is 4. The Balaban J connectivity index is 2.11. The monoisotopic (exact) mass is 407 g/mol. The summed E-state index contributed by atoms with van der Waals surface area (Å²) in [5, 5.41) is 15.1. The van der Waals surface area contributed by atoms with Gasteiger partial charge in [-0.3, -0.25) is 4.79 Å². The van der Waals surface area contributed by atoms with E-state index in [1.165, 1.54) is 26.0 Å². The van der Waals surface area contributed by atoms with Gasteiger partial charge < -0.3 is 25.5 Å². The maximum atomic E-state index is 13.3. The van der Waals surface area contributed by atoms with Crippen molar-refractivity contribution in [2.75, 3.05) is 0 Å². The molecule has 1 unspecified atom stereocenters. The number of benzene rings is 1. The molecule has 0 aliphatic heterocycles. The molecule has 1 heterocycles. The van der Waals surface area contributed by atoms with Crippen molar-refractivity contribution in [2.45, 2.75) is 58.2 Å². The number of fused-ring (bicyclic) bond motifs is 1. The number of rotatable bonds is 6. The Kier molecular flexibility index (Phi) is 6.20. The van der Waals surface area contributed by atoms with Crippen LogP contribution in [0.15, 0.2) is 24.4 Å². The highest BCUT2D eigenvalue weighted by Crippen LogP contribution is 2.21. The van der Waals surface area contributed by atoms with Crippen LogP contribution in [-0.4, -0.2) is 45.2 Å². The second-order valence-corrected chi connectivity index (χ2v) is 8.32. The number of carbonyl (C=O) groups is 3. The summed E-state index contributed by atoms with van der Waals surface area (Å²) in [4.78, 5) is 39.2. The lowest BCUT2D eigenvalue weighted by Gasteiger charge is -2.28. The molecule has 0 aliphatic rings. The molecule has 9 heteroatoms. The van der Waals surface area contributed by atoms with E-state index in [0.717, 1.165) is 0 Å². The van der Waals surface area contributed by atoms with E-state index in [1.54, 1.807) is 33.0 Å². The minimum Gasteiger partial charge on any atom is -0.480 e. The van der Waals surface area contributed by atoms with Gasteiger partial charge in [-0.2, -0.15) is 0 Å². The quantitative estimate of drug-likeness (QED) is 0.587. The van der Waals surface area contributed by atoms with Crippen molar-refractivity contribution in [3.8, 4) is 0 Å². The molecular formula is C20H26FN3O5. The molecule has 4 N–H and O–H groups in total. The second kappa shape index (κ2) is 8.10. The van der Waals surface area contributed by atoms with Crippen LogP contribution >= 0.6 is 0 Å². The van der Waals surface area contributed by atoms with E-state index in [4.69, 9.17) is 4.74 Å². The molecule has 0 fully saturated rings. The highest BCUT2D eigenvalue weighted by molar-refractivity contribution is 5.92. The van der Waals surface area contributed by atoms with Gasteiger partial charge in [0.25, 0.3) is 0 Å². The summed E-state index contributed by atoms with van der Waals surface area (Å²) in [5.74, 6) is -2.33. The number of amides is 2. The van der Waals surface area contributed by atoms with E-state index in [1.807, 2.05) is 0 Å². The molecule has 0 aliphatic carbocycles. The summed E-state index contributed by atoms with van der Waals surface area (Å²) in [6, 6.07) is 2.89. The molecule has 0 saturated heterocycles. The lowest BCUT2D eigenvalue weighted by Crippen LogP contribution is -2.58. The normalized spacial score (nSPS) is 13.0. The lowest BCUT2D eigenvalue weighted by atomic mass is 10.0. The number of alkyl carbamates (subject to hydrolysis) is 1. The Morgan fingerprint density at radius 2 is 1.86 bits per heavy atom. The molecule has 0 radical (unpaired) electrons. The number of carboxylic acid groups (broad SMARTS) is 1.